The van der Waals surface area contributed by atoms with Crippen LogP contribution in [0.2, 0.25) is 5.02 Å². The number of hydrogen-bond donors (Lipinski definition) is 1. The zero-order chi connectivity index (χ0) is 13.8. The second-order valence-corrected chi connectivity index (χ2v) is 5.64. The minimum Gasteiger partial charge on any atom is -0.339 e. The molecule has 1 saturated heterocycles. The van der Waals surface area contributed by atoms with E-state index in [4.69, 9.17) is 16.1 Å². The molecule has 1 aromatic carbocycles. The summed E-state index contributed by atoms with van der Waals surface area (Å²) in [6, 6.07) is 8.09. The number of aromatic nitrogens is 2. The number of rotatable bonds is 4. The van der Waals surface area contributed by atoms with Gasteiger partial charge < -0.3 is 9.84 Å². The third-order valence-corrected chi connectivity index (χ3v) is 3.91. The lowest BCUT2D eigenvalue weighted by Gasteiger charge is -2.22. The van der Waals surface area contributed by atoms with Crippen molar-refractivity contribution < 1.29 is 4.52 Å². The second kappa shape index (κ2) is 6.37. The molecule has 1 N–H and O–H groups in total. The highest BCUT2D eigenvalue weighted by atomic mass is 35.5. The average Bonchev–Trinajstić information content (AvgIpc) is 2.95. The van der Waals surface area contributed by atoms with Crippen LogP contribution in [-0.4, -0.2) is 22.7 Å². The fourth-order valence-corrected chi connectivity index (χ4v) is 2.76. The number of aryl methyl sites for hydroxylation is 1. The molecule has 1 aliphatic rings. The van der Waals surface area contributed by atoms with E-state index < -0.39 is 0 Å². The number of halogens is 1. The summed E-state index contributed by atoms with van der Waals surface area (Å²) in [7, 11) is 0. The molecule has 2 aromatic rings. The fourth-order valence-electron chi connectivity index (χ4n) is 2.57. The van der Waals surface area contributed by atoms with Crippen molar-refractivity contribution in [1.82, 2.24) is 15.5 Å². The Balaban J connectivity index is 1.61. The molecule has 1 fully saturated rings. The highest BCUT2D eigenvalue weighted by Crippen LogP contribution is 2.20. The summed E-state index contributed by atoms with van der Waals surface area (Å²) in [5.74, 6) is 1.31. The molecule has 1 atom stereocenters. The maximum Gasteiger partial charge on any atom is 0.227 e. The zero-order valence-corrected chi connectivity index (χ0v) is 12.1. The largest absolute Gasteiger partial charge is 0.339 e. The van der Waals surface area contributed by atoms with Crippen molar-refractivity contribution in [2.75, 3.05) is 6.54 Å². The first-order valence-corrected chi connectivity index (χ1v) is 7.51. The molecular formula is C15H18ClN3O. The Kier molecular flexibility index (Phi) is 4.33. The van der Waals surface area contributed by atoms with Crippen LogP contribution in [0.5, 0.6) is 0 Å². The van der Waals surface area contributed by atoms with Gasteiger partial charge in [0.2, 0.25) is 11.7 Å². The van der Waals surface area contributed by atoms with Crippen molar-refractivity contribution in [3.8, 4) is 11.4 Å². The lowest BCUT2D eigenvalue weighted by molar-refractivity contribution is 0.342. The molecule has 2 heterocycles. The van der Waals surface area contributed by atoms with Crippen molar-refractivity contribution in [1.29, 1.82) is 0 Å². The zero-order valence-electron chi connectivity index (χ0n) is 11.3. The molecule has 0 amide bonds. The monoisotopic (exact) mass is 291 g/mol. The first-order chi connectivity index (χ1) is 9.81. The second-order valence-electron chi connectivity index (χ2n) is 5.21. The summed E-state index contributed by atoms with van der Waals surface area (Å²) >= 11 is 5.97. The maximum atomic E-state index is 5.97. The SMILES string of the molecule is Clc1cccc(-c2noc(CCC3CCCCN3)n2)c1. The molecule has 1 aromatic heterocycles. The first-order valence-electron chi connectivity index (χ1n) is 7.13. The topological polar surface area (TPSA) is 51.0 Å². The van der Waals surface area contributed by atoms with Crippen LogP contribution in [-0.2, 0) is 6.42 Å². The van der Waals surface area contributed by atoms with Gasteiger partial charge in [0, 0.05) is 23.0 Å². The van der Waals surface area contributed by atoms with Crippen molar-refractivity contribution in [2.24, 2.45) is 0 Å². The van der Waals surface area contributed by atoms with E-state index in [9.17, 15) is 0 Å². The molecule has 0 saturated carbocycles. The van der Waals surface area contributed by atoms with E-state index in [2.05, 4.69) is 15.5 Å². The van der Waals surface area contributed by atoms with Gasteiger partial charge in [0.15, 0.2) is 0 Å². The summed E-state index contributed by atoms with van der Waals surface area (Å²) in [6.45, 7) is 1.13. The molecular weight excluding hydrogens is 274 g/mol. The van der Waals surface area contributed by atoms with Crippen LogP contribution in [0.3, 0.4) is 0 Å². The van der Waals surface area contributed by atoms with Crippen molar-refractivity contribution in [3.05, 3.63) is 35.2 Å². The minimum atomic E-state index is 0.588. The van der Waals surface area contributed by atoms with Gasteiger partial charge in [0.1, 0.15) is 0 Å². The fraction of sp³-hybridized carbons (Fsp3) is 0.467. The van der Waals surface area contributed by atoms with Gasteiger partial charge in [-0.15, -0.1) is 0 Å². The third kappa shape index (κ3) is 3.38. The standard InChI is InChI=1S/C15H18ClN3O/c16-12-5-3-4-11(10-12)15-18-14(20-19-15)8-7-13-6-1-2-9-17-13/h3-5,10,13,17H,1-2,6-9H2. The average molecular weight is 292 g/mol. The van der Waals surface area contributed by atoms with Crippen LogP contribution in [0.1, 0.15) is 31.6 Å². The van der Waals surface area contributed by atoms with Gasteiger partial charge in [-0.2, -0.15) is 4.98 Å². The normalized spacial score (nSPS) is 19.1. The lowest BCUT2D eigenvalue weighted by atomic mass is 10.0. The van der Waals surface area contributed by atoms with Crippen LogP contribution >= 0.6 is 11.6 Å². The van der Waals surface area contributed by atoms with E-state index in [1.54, 1.807) is 0 Å². The Morgan fingerprint density at radius 1 is 1.35 bits per heavy atom. The Labute approximate surface area is 123 Å². The van der Waals surface area contributed by atoms with Gasteiger partial charge in [0.25, 0.3) is 0 Å². The highest BCUT2D eigenvalue weighted by molar-refractivity contribution is 6.30. The molecule has 0 spiro atoms. The molecule has 0 radical (unpaired) electrons. The van der Waals surface area contributed by atoms with Gasteiger partial charge in [-0.05, 0) is 37.9 Å². The van der Waals surface area contributed by atoms with Gasteiger partial charge in [0.05, 0.1) is 0 Å². The van der Waals surface area contributed by atoms with E-state index in [0.29, 0.717) is 22.8 Å². The summed E-state index contributed by atoms with van der Waals surface area (Å²) in [5, 5.41) is 8.23. The number of piperidine rings is 1. The molecule has 4 nitrogen and oxygen atoms in total. The molecule has 3 rings (SSSR count). The molecule has 0 aliphatic carbocycles. The highest BCUT2D eigenvalue weighted by Gasteiger charge is 2.15. The number of benzene rings is 1. The van der Waals surface area contributed by atoms with Crippen LogP contribution < -0.4 is 5.32 Å². The van der Waals surface area contributed by atoms with Crippen molar-refractivity contribution in [2.45, 2.75) is 38.1 Å². The van der Waals surface area contributed by atoms with E-state index >= 15 is 0 Å². The van der Waals surface area contributed by atoms with Crippen molar-refractivity contribution in [3.63, 3.8) is 0 Å². The van der Waals surface area contributed by atoms with E-state index in [-0.39, 0.29) is 0 Å². The lowest BCUT2D eigenvalue weighted by Crippen LogP contribution is -2.34. The van der Waals surface area contributed by atoms with Gasteiger partial charge in [-0.1, -0.05) is 35.3 Å². The summed E-state index contributed by atoms with van der Waals surface area (Å²) in [4.78, 5) is 4.44. The Hall–Kier alpha value is -1.39. The summed E-state index contributed by atoms with van der Waals surface area (Å²) < 4.78 is 5.32. The quantitative estimate of drug-likeness (QED) is 0.937. The molecule has 5 heteroatoms. The predicted molar refractivity (Wildman–Crippen MR) is 78.7 cm³/mol. The Bertz CT molecular complexity index is 564. The minimum absolute atomic E-state index is 0.588. The number of hydrogen-bond acceptors (Lipinski definition) is 4. The number of nitrogens with one attached hydrogen (secondary N) is 1. The molecule has 0 bridgehead atoms. The summed E-state index contributed by atoms with van der Waals surface area (Å²) in [5.41, 5.74) is 0.892. The molecule has 1 aliphatic heterocycles. The van der Waals surface area contributed by atoms with Crippen LogP contribution in [0.4, 0.5) is 0 Å². The van der Waals surface area contributed by atoms with Crippen LogP contribution in [0, 0.1) is 0 Å². The van der Waals surface area contributed by atoms with E-state index in [0.717, 1.165) is 24.9 Å². The van der Waals surface area contributed by atoms with E-state index in [1.807, 2.05) is 24.3 Å². The van der Waals surface area contributed by atoms with Crippen molar-refractivity contribution >= 4 is 11.6 Å². The smallest absolute Gasteiger partial charge is 0.227 e. The molecule has 20 heavy (non-hydrogen) atoms. The first kappa shape index (κ1) is 13.6. The number of nitrogens with zero attached hydrogens (tertiary/aromatic N) is 2. The van der Waals surface area contributed by atoms with Crippen LogP contribution in [0.15, 0.2) is 28.8 Å². The third-order valence-electron chi connectivity index (χ3n) is 3.67. The molecule has 1 unspecified atom stereocenters. The Morgan fingerprint density at radius 2 is 2.30 bits per heavy atom. The summed E-state index contributed by atoms with van der Waals surface area (Å²) in [6.07, 6.45) is 5.73. The van der Waals surface area contributed by atoms with Gasteiger partial charge >= 0.3 is 0 Å². The Morgan fingerprint density at radius 3 is 3.10 bits per heavy atom. The maximum absolute atomic E-state index is 5.97. The van der Waals surface area contributed by atoms with Gasteiger partial charge in [-0.25, -0.2) is 0 Å². The predicted octanol–water partition coefficient (Wildman–Crippen LogP) is 3.46. The van der Waals surface area contributed by atoms with Gasteiger partial charge in [-0.3, -0.25) is 0 Å². The van der Waals surface area contributed by atoms with Crippen LogP contribution in [0.25, 0.3) is 11.4 Å². The molecule has 106 valence electrons. The van der Waals surface area contributed by atoms with E-state index in [1.165, 1.54) is 19.3 Å².